The van der Waals surface area contributed by atoms with Gasteiger partial charge in [0.25, 0.3) is 0 Å². The Morgan fingerprint density at radius 1 is 0.478 bits per heavy atom. The fourth-order valence-corrected chi connectivity index (χ4v) is 7.98. The average Bonchev–Trinajstić information content (AvgIpc) is 3.63. The van der Waals surface area contributed by atoms with E-state index in [0.29, 0.717) is 0 Å². The van der Waals surface area contributed by atoms with E-state index in [2.05, 4.69) is 179 Å². The molecule has 2 heteroatoms. The number of benzene rings is 7. The van der Waals surface area contributed by atoms with E-state index >= 15 is 0 Å². The Kier molecular flexibility index (Phi) is 5.44. The Labute approximate surface area is 267 Å². The van der Waals surface area contributed by atoms with Gasteiger partial charge in [-0.05, 0) is 75.3 Å². The van der Waals surface area contributed by atoms with Gasteiger partial charge >= 0.3 is 0 Å². The van der Waals surface area contributed by atoms with Gasteiger partial charge in [-0.2, -0.15) is 0 Å². The minimum atomic E-state index is 0.235. The summed E-state index contributed by atoms with van der Waals surface area (Å²) in [6.07, 6.45) is 7.25. The molecule has 46 heavy (non-hydrogen) atoms. The molecule has 8 aromatic rings. The Hall–Kier alpha value is -5.86. The third-order valence-electron chi connectivity index (χ3n) is 10.1. The van der Waals surface area contributed by atoms with Crippen LogP contribution in [0.4, 0.5) is 11.4 Å². The summed E-state index contributed by atoms with van der Waals surface area (Å²) in [7, 11) is 0. The summed E-state index contributed by atoms with van der Waals surface area (Å²) in [6.45, 7) is 0. The lowest BCUT2D eigenvalue weighted by Crippen LogP contribution is -2.28. The Bertz CT molecular complexity index is 2560. The van der Waals surface area contributed by atoms with Gasteiger partial charge < -0.3 is 9.47 Å². The van der Waals surface area contributed by atoms with Crippen molar-refractivity contribution in [1.82, 2.24) is 4.57 Å². The molecule has 0 radical (unpaired) electrons. The average molecular weight is 587 g/mol. The molecule has 0 amide bonds. The minimum absolute atomic E-state index is 0.235. The Morgan fingerprint density at radius 3 is 2.13 bits per heavy atom. The van der Waals surface area contributed by atoms with Crippen molar-refractivity contribution in [2.45, 2.75) is 12.0 Å². The van der Waals surface area contributed by atoms with E-state index in [-0.39, 0.29) is 12.0 Å². The first-order chi connectivity index (χ1) is 22.8. The lowest BCUT2D eigenvalue weighted by Gasteiger charge is -2.30. The van der Waals surface area contributed by atoms with Crippen LogP contribution in [0.25, 0.3) is 54.6 Å². The van der Waals surface area contributed by atoms with Gasteiger partial charge in [-0.15, -0.1) is 0 Å². The standard InChI is InChI=1S/C44H30N2/c1-2-12-31-26-34(23-20-29(31)10-1)45-41-17-7-5-15-36(41)38-27-32(21-24-43(38)45)33-22-25-44-39(28-33)37-16-6-8-18-42(37)46(44)40-19-9-13-30-11-3-4-14-35(30)40/h1-28,38,43H. The highest BCUT2D eigenvalue weighted by Crippen LogP contribution is 2.49. The first kappa shape index (κ1) is 25.5. The molecule has 2 unspecified atom stereocenters. The normalized spacial score (nSPS) is 17.1. The molecule has 0 spiro atoms. The van der Waals surface area contributed by atoms with Crippen molar-refractivity contribution in [3.05, 3.63) is 181 Å². The van der Waals surface area contributed by atoms with Crippen molar-refractivity contribution < 1.29 is 0 Å². The molecule has 7 aromatic carbocycles. The van der Waals surface area contributed by atoms with Crippen LogP contribution < -0.4 is 4.90 Å². The van der Waals surface area contributed by atoms with Crippen LogP contribution in [-0.4, -0.2) is 10.6 Å². The molecule has 2 atom stereocenters. The summed E-state index contributed by atoms with van der Waals surface area (Å²) < 4.78 is 2.44. The van der Waals surface area contributed by atoms with Crippen LogP contribution in [-0.2, 0) is 0 Å². The minimum Gasteiger partial charge on any atom is -0.333 e. The van der Waals surface area contributed by atoms with E-state index in [1.54, 1.807) is 0 Å². The van der Waals surface area contributed by atoms with Crippen molar-refractivity contribution >= 4 is 60.3 Å². The number of hydrogen-bond acceptors (Lipinski definition) is 1. The molecule has 1 aromatic heterocycles. The summed E-state index contributed by atoms with van der Waals surface area (Å²) in [5, 5.41) is 7.61. The smallest absolute Gasteiger partial charge is 0.0630 e. The fraction of sp³-hybridized carbons (Fsp3) is 0.0455. The number of allylic oxidation sites excluding steroid dienone is 2. The number of para-hydroxylation sites is 2. The van der Waals surface area contributed by atoms with Crippen LogP contribution >= 0.6 is 0 Å². The number of hydrogen-bond donors (Lipinski definition) is 0. The van der Waals surface area contributed by atoms with E-state index in [0.717, 1.165) is 0 Å². The molecular weight excluding hydrogens is 556 g/mol. The number of rotatable bonds is 3. The van der Waals surface area contributed by atoms with Gasteiger partial charge in [0.15, 0.2) is 0 Å². The molecule has 0 fully saturated rings. The summed E-state index contributed by atoms with van der Waals surface area (Å²) in [4.78, 5) is 2.53. The highest BCUT2D eigenvalue weighted by atomic mass is 15.2. The highest BCUT2D eigenvalue weighted by Gasteiger charge is 2.38. The van der Waals surface area contributed by atoms with Crippen LogP contribution in [0.1, 0.15) is 17.0 Å². The highest BCUT2D eigenvalue weighted by molar-refractivity contribution is 6.11. The van der Waals surface area contributed by atoms with Crippen LogP contribution in [0.2, 0.25) is 0 Å². The van der Waals surface area contributed by atoms with Crippen LogP contribution in [0.5, 0.6) is 0 Å². The van der Waals surface area contributed by atoms with Crippen molar-refractivity contribution in [1.29, 1.82) is 0 Å². The first-order valence-corrected chi connectivity index (χ1v) is 16.1. The topological polar surface area (TPSA) is 8.17 Å². The van der Waals surface area contributed by atoms with Gasteiger partial charge in [-0.3, -0.25) is 0 Å². The van der Waals surface area contributed by atoms with E-state index < -0.39 is 0 Å². The quantitative estimate of drug-likeness (QED) is 0.200. The second-order valence-corrected chi connectivity index (χ2v) is 12.5. The molecule has 2 heterocycles. The van der Waals surface area contributed by atoms with Crippen molar-refractivity contribution in [2.24, 2.45) is 0 Å². The maximum Gasteiger partial charge on any atom is 0.0630 e. The maximum atomic E-state index is 2.53. The number of anilines is 2. The molecule has 0 saturated heterocycles. The maximum absolute atomic E-state index is 2.53. The SMILES string of the molecule is C1=CC2C(C=C1c1ccc3c(c1)c1ccccc1n3-c1cccc3ccccc13)c1ccccc1N2c1ccc2ccccc2c1. The van der Waals surface area contributed by atoms with Crippen molar-refractivity contribution in [3.8, 4) is 5.69 Å². The van der Waals surface area contributed by atoms with Crippen LogP contribution in [0, 0.1) is 0 Å². The molecule has 10 rings (SSSR count). The fourth-order valence-electron chi connectivity index (χ4n) is 7.98. The van der Waals surface area contributed by atoms with Gasteiger partial charge in [0, 0.05) is 33.5 Å². The van der Waals surface area contributed by atoms with E-state index in [9.17, 15) is 0 Å². The number of fused-ring (bicyclic) bond motifs is 8. The molecule has 0 N–H and O–H groups in total. The predicted molar refractivity (Wildman–Crippen MR) is 194 cm³/mol. The van der Waals surface area contributed by atoms with Crippen LogP contribution in [0.15, 0.2) is 170 Å². The van der Waals surface area contributed by atoms with Gasteiger partial charge in [0.1, 0.15) is 0 Å². The summed E-state index contributed by atoms with van der Waals surface area (Å²) in [5.41, 5.74) is 10.1. The third kappa shape index (κ3) is 3.71. The molecule has 2 aliphatic rings. The van der Waals surface area contributed by atoms with Gasteiger partial charge in [0.05, 0.1) is 22.8 Å². The van der Waals surface area contributed by atoms with E-state index in [1.165, 1.54) is 77.1 Å². The van der Waals surface area contributed by atoms with Gasteiger partial charge in [-0.1, -0.05) is 127 Å². The zero-order chi connectivity index (χ0) is 30.2. The van der Waals surface area contributed by atoms with Crippen molar-refractivity contribution in [3.63, 3.8) is 0 Å². The number of nitrogens with zero attached hydrogens (tertiary/aromatic N) is 2. The predicted octanol–water partition coefficient (Wildman–Crippen LogP) is 11.3. The molecule has 216 valence electrons. The molecule has 1 aliphatic carbocycles. The van der Waals surface area contributed by atoms with E-state index in [1.807, 2.05) is 0 Å². The Morgan fingerprint density at radius 2 is 1.20 bits per heavy atom. The molecular formula is C44H30N2. The number of aromatic nitrogens is 1. The van der Waals surface area contributed by atoms with Crippen molar-refractivity contribution in [2.75, 3.05) is 4.90 Å². The molecule has 0 saturated carbocycles. The lowest BCUT2D eigenvalue weighted by molar-refractivity contribution is 0.747. The first-order valence-electron chi connectivity index (χ1n) is 16.1. The molecule has 1 aliphatic heterocycles. The van der Waals surface area contributed by atoms with Crippen LogP contribution in [0.3, 0.4) is 0 Å². The third-order valence-corrected chi connectivity index (χ3v) is 10.1. The Balaban J connectivity index is 1.10. The summed E-state index contributed by atoms with van der Waals surface area (Å²) >= 11 is 0. The molecule has 2 nitrogen and oxygen atoms in total. The second kappa shape index (κ2) is 9.82. The lowest BCUT2D eigenvalue weighted by atomic mass is 9.86. The van der Waals surface area contributed by atoms with Gasteiger partial charge in [0.2, 0.25) is 0 Å². The van der Waals surface area contributed by atoms with Gasteiger partial charge in [-0.25, -0.2) is 0 Å². The summed E-state index contributed by atoms with van der Waals surface area (Å²) in [6, 6.07) is 55.8. The zero-order valence-electron chi connectivity index (χ0n) is 25.2. The summed E-state index contributed by atoms with van der Waals surface area (Å²) in [5.74, 6) is 0.274. The van der Waals surface area contributed by atoms with E-state index in [4.69, 9.17) is 0 Å². The zero-order valence-corrected chi connectivity index (χ0v) is 25.2. The monoisotopic (exact) mass is 586 g/mol. The largest absolute Gasteiger partial charge is 0.333 e. The molecule has 0 bridgehead atoms. The second-order valence-electron chi connectivity index (χ2n) is 12.5.